The van der Waals surface area contributed by atoms with Crippen LogP contribution in [0, 0.1) is 6.92 Å². The Labute approximate surface area is 131 Å². The first-order chi connectivity index (χ1) is 10.0. The average molecular weight is 319 g/mol. The molecule has 0 aliphatic heterocycles. The lowest BCUT2D eigenvalue weighted by atomic mass is 10.2. The Morgan fingerprint density at radius 2 is 1.95 bits per heavy atom. The molecule has 0 fully saturated rings. The largest absolute Gasteiger partial charge is 0.349 e. The van der Waals surface area contributed by atoms with E-state index in [9.17, 15) is 4.79 Å². The van der Waals surface area contributed by atoms with Crippen LogP contribution in [-0.4, -0.2) is 10.9 Å². The number of halogens is 2. The number of aromatic nitrogens is 1. The third-order valence-corrected chi connectivity index (χ3v) is 3.84. The number of fused-ring (bicyclic) bond motifs is 1. The summed E-state index contributed by atoms with van der Waals surface area (Å²) in [6.07, 6.45) is 0. The van der Waals surface area contributed by atoms with E-state index in [1.54, 1.807) is 30.3 Å². The maximum atomic E-state index is 12.3. The first-order valence-corrected chi connectivity index (χ1v) is 7.15. The maximum Gasteiger partial charge on any atom is 0.272 e. The molecular weight excluding hydrogens is 307 g/mol. The zero-order chi connectivity index (χ0) is 15.0. The summed E-state index contributed by atoms with van der Waals surface area (Å²) in [5.74, 6) is -0.215. The van der Waals surface area contributed by atoms with Gasteiger partial charge in [-0.25, -0.2) is 0 Å². The van der Waals surface area contributed by atoms with Gasteiger partial charge in [-0.2, -0.15) is 0 Å². The van der Waals surface area contributed by atoms with Gasteiger partial charge in [-0.3, -0.25) is 4.79 Å². The fraction of sp³-hybridized carbons (Fsp3) is 0.0625. The van der Waals surface area contributed by atoms with E-state index in [1.165, 1.54) is 0 Å². The van der Waals surface area contributed by atoms with E-state index >= 15 is 0 Å². The molecule has 3 rings (SSSR count). The number of H-pyrrole nitrogens is 1. The summed E-state index contributed by atoms with van der Waals surface area (Å²) in [7, 11) is 0. The third kappa shape index (κ3) is 2.75. The van der Waals surface area contributed by atoms with Gasteiger partial charge in [0, 0.05) is 16.1 Å². The van der Waals surface area contributed by atoms with E-state index in [1.807, 2.05) is 19.1 Å². The number of rotatable bonds is 2. The molecule has 0 saturated carbocycles. The molecule has 5 heteroatoms. The molecule has 1 aromatic heterocycles. The molecule has 0 bridgehead atoms. The highest BCUT2D eigenvalue weighted by atomic mass is 35.5. The molecule has 0 atom stereocenters. The Balaban J connectivity index is 1.92. The summed E-state index contributed by atoms with van der Waals surface area (Å²) in [4.78, 5) is 15.4. The molecule has 0 spiro atoms. The molecule has 1 heterocycles. The van der Waals surface area contributed by atoms with Crippen molar-refractivity contribution in [3.8, 4) is 0 Å². The van der Waals surface area contributed by atoms with Crippen molar-refractivity contribution < 1.29 is 4.79 Å². The first-order valence-electron chi connectivity index (χ1n) is 6.39. The number of nitrogens with one attached hydrogen (secondary N) is 2. The summed E-state index contributed by atoms with van der Waals surface area (Å²) in [5, 5.41) is 5.00. The molecule has 3 aromatic rings. The van der Waals surface area contributed by atoms with E-state index in [2.05, 4.69) is 10.3 Å². The molecule has 2 aromatic carbocycles. The average Bonchev–Trinajstić information content (AvgIpc) is 2.87. The van der Waals surface area contributed by atoms with Crippen molar-refractivity contribution in [1.82, 2.24) is 4.98 Å². The van der Waals surface area contributed by atoms with Crippen LogP contribution < -0.4 is 5.32 Å². The van der Waals surface area contributed by atoms with Crippen LogP contribution in [0.4, 0.5) is 5.69 Å². The topological polar surface area (TPSA) is 44.9 Å². The lowest BCUT2D eigenvalue weighted by molar-refractivity contribution is 0.102. The lowest BCUT2D eigenvalue weighted by Gasteiger charge is -2.07. The quantitative estimate of drug-likeness (QED) is 0.683. The van der Waals surface area contributed by atoms with Gasteiger partial charge < -0.3 is 10.3 Å². The SMILES string of the molecule is Cc1cc(Cl)ccc1NC(=O)c1cc2cccc(Cl)c2[nH]1. The molecule has 3 nitrogen and oxygen atoms in total. The van der Waals surface area contributed by atoms with Gasteiger partial charge in [0.1, 0.15) is 5.69 Å². The highest BCUT2D eigenvalue weighted by Crippen LogP contribution is 2.24. The summed E-state index contributed by atoms with van der Waals surface area (Å²) >= 11 is 12.0. The standard InChI is InChI=1S/C16H12Cl2N2O/c1-9-7-11(17)5-6-13(9)20-16(21)14-8-10-3-2-4-12(18)15(10)19-14/h2-8,19H,1H3,(H,20,21). The summed E-state index contributed by atoms with van der Waals surface area (Å²) in [6, 6.07) is 12.6. The fourth-order valence-corrected chi connectivity index (χ4v) is 2.65. The normalized spacial score (nSPS) is 10.8. The number of hydrogen-bond acceptors (Lipinski definition) is 1. The number of aryl methyl sites for hydroxylation is 1. The van der Waals surface area contributed by atoms with Crippen LogP contribution in [0.15, 0.2) is 42.5 Å². The van der Waals surface area contributed by atoms with Crippen LogP contribution in [0.3, 0.4) is 0 Å². The van der Waals surface area contributed by atoms with Crippen molar-refractivity contribution in [3.05, 3.63) is 63.8 Å². The van der Waals surface area contributed by atoms with Crippen LogP contribution in [0.1, 0.15) is 16.1 Å². The third-order valence-electron chi connectivity index (χ3n) is 3.29. The first kappa shape index (κ1) is 14.0. The summed E-state index contributed by atoms with van der Waals surface area (Å²) < 4.78 is 0. The molecular formula is C16H12Cl2N2O. The Morgan fingerprint density at radius 3 is 2.67 bits per heavy atom. The van der Waals surface area contributed by atoms with Crippen LogP contribution in [0.2, 0.25) is 10.0 Å². The minimum absolute atomic E-state index is 0.215. The van der Waals surface area contributed by atoms with Crippen LogP contribution >= 0.6 is 23.2 Å². The van der Waals surface area contributed by atoms with Gasteiger partial charge in [-0.15, -0.1) is 0 Å². The number of amides is 1. The van der Waals surface area contributed by atoms with E-state index < -0.39 is 0 Å². The van der Waals surface area contributed by atoms with Gasteiger partial charge in [0.15, 0.2) is 0 Å². The molecule has 1 amide bonds. The van der Waals surface area contributed by atoms with Gasteiger partial charge in [-0.1, -0.05) is 35.3 Å². The second-order valence-corrected chi connectivity index (χ2v) is 5.64. The number of benzene rings is 2. The number of para-hydroxylation sites is 1. The van der Waals surface area contributed by atoms with Crippen molar-refractivity contribution >= 4 is 45.7 Å². The predicted molar refractivity (Wildman–Crippen MR) is 87.5 cm³/mol. The highest BCUT2D eigenvalue weighted by molar-refractivity contribution is 6.35. The molecule has 0 saturated heterocycles. The number of carbonyl (C=O) groups is 1. The van der Waals surface area contributed by atoms with Gasteiger partial charge in [0.2, 0.25) is 0 Å². The Kier molecular flexibility index (Phi) is 3.62. The Morgan fingerprint density at radius 1 is 1.14 bits per heavy atom. The van der Waals surface area contributed by atoms with Crippen LogP contribution in [0.5, 0.6) is 0 Å². The molecule has 0 radical (unpaired) electrons. The number of anilines is 1. The molecule has 106 valence electrons. The summed E-state index contributed by atoms with van der Waals surface area (Å²) in [6.45, 7) is 1.89. The Bertz CT molecular complexity index is 839. The number of hydrogen-bond donors (Lipinski definition) is 2. The van der Waals surface area contributed by atoms with Crippen molar-refractivity contribution in [2.45, 2.75) is 6.92 Å². The van der Waals surface area contributed by atoms with Crippen molar-refractivity contribution in [1.29, 1.82) is 0 Å². The lowest BCUT2D eigenvalue weighted by Crippen LogP contribution is -2.13. The monoisotopic (exact) mass is 318 g/mol. The van der Waals surface area contributed by atoms with Crippen molar-refractivity contribution in [2.24, 2.45) is 0 Å². The zero-order valence-electron chi connectivity index (χ0n) is 11.2. The predicted octanol–water partition coefficient (Wildman–Crippen LogP) is 5.04. The van der Waals surface area contributed by atoms with Gasteiger partial charge >= 0.3 is 0 Å². The fourth-order valence-electron chi connectivity index (χ4n) is 2.20. The minimum Gasteiger partial charge on any atom is -0.349 e. The van der Waals surface area contributed by atoms with E-state index in [4.69, 9.17) is 23.2 Å². The Hall–Kier alpha value is -1.97. The van der Waals surface area contributed by atoms with Crippen molar-refractivity contribution in [3.63, 3.8) is 0 Å². The molecule has 2 N–H and O–H groups in total. The van der Waals surface area contributed by atoms with E-state index in [0.29, 0.717) is 15.7 Å². The van der Waals surface area contributed by atoms with E-state index in [-0.39, 0.29) is 5.91 Å². The van der Waals surface area contributed by atoms with Crippen LogP contribution in [0.25, 0.3) is 10.9 Å². The smallest absolute Gasteiger partial charge is 0.272 e. The summed E-state index contributed by atoms with van der Waals surface area (Å²) in [5.41, 5.74) is 2.86. The second-order valence-electron chi connectivity index (χ2n) is 4.80. The second kappa shape index (κ2) is 5.43. The van der Waals surface area contributed by atoms with Gasteiger partial charge in [-0.05, 0) is 42.8 Å². The van der Waals surface area contributed by atoms with Crippen LogP contribution in [-0.2, 0) is 0 Å². The molecule has 0 aliphatic rings. The molecule has 0 aliphatic carbocycles. The molecule has 0 unspecified atom stereocenters. The van der Waals surface area contributed by atoms with Crippen molar-refractivity contribution in [2.75, 3.05) is 5.32 Å². The number of aromatic amines is 1. The zero-order valence-corrected chi connectivity index (χ0v) is 12.7. The van der Waals surface area contributed by atoms with Gasteiger partial charge in [0.05, 0.1) is 10.5 Å². The minimum atomic E-state index is -0.215. The maximum absolute atomic E-state index is 12.3. The van der Waals surface area contributed by atoms with Gasteiger partial charge in [0.25, 0.3) is 5.91 Å². The number of carbonyl (C=O) groups excluding carboxylic acids is 1. The highest BCUT2D eigenvalue weighted by Gasteiger charge is 2.12. The molecule has 21 heavy (non-hydrogen) atoms. The van der Waals surface area contributed by atoms with E-state index in [0.717, 1.165) is 22.2 Å².